The standard InChI is InChI=1S/C12H18N4O2/c1-2-13-12(17)16-8-4-10(5-9-16)18-11-14-6-3-7-15-11/h3,6-7,10H,2,4-5,8-9H2,1H3,(H,13,17). The Bertz CT molecular complexity index is 377. The average Bonchev–Trinajstić information content (AvgIpc) is 2.41. The van der Waals surface area contributed by atoms with E-state index in [-0.39, 0.29) is 12.1 Å². The first-order valence-corrected chi connectivity index (χ1v) is 6.26. The second-order valence-electron chi connectivity index (χ2n) is 4.17. The summed E-state index contributed by atoms with van der Waals surface area (Å²) < 4.78 is 5.66. The van der Waals surface area contributed by atoms with Gasteiger partial charge in [0.05, 0.1) is 0 Å². The highest BCUT2D eigenvalue weighted by Crippen LogP contribution is 2.15. The minimum absolute atomic E-state index is 0.00640. The van der Waals surface area contributed by atoms with Crippen LogP contribution in [-0.2, 0) is 0 Å². The maximum Gasteiger partial charge on any atom is 0.317 e. The molecule has 6 heteroatoms. The van der Waals surface area contributed by atoms with E-state index in [0.717, 1.165) is 12.8 Å². The number of nitrogens with one attached hydrogen (secondary N) is 1. The molecule has 0 unspecified atom stereocenters. The number of carbonyl (C=O) groups is 1. The zero-order valence-electron chi connectivity index (χ0n) is 10.5. The Morgan fingerprint density at radius 3 is 2.72 bits per heavy atom. The van der Waals surface area contributed by atoms with E-state index in [9.17, 15) is 4.79 Å². The number of ether oxygens (including phenoxy) is 1. The van der Waals surface area contributed by atoms with Crippen LogP contribution in [0, 0.1) is 0 Å². The highest BCUT2D eigenvalue weighted by Gasteiger charge is 2.23. The van der Waals surface area contributed by atoms with Crippen molar-refractivity contribution in [2.75, 3.05) is 19.6 Å². The van der Waals surface area contributed by atoms with Gasteiger partial charge in [-0.3, -0.25) is 0 Å². The molecule has 1 aromatic rings. The molecule has 1 fully saturated rings. The molecular formula is C12H18N4O2. The SMILES string of the molecule is CCNC(=O)N1CCC(Oc2ncccn2)CC1. The van der Waals surface area contributed by atoms with Crippen molar-refractivity contribution < 1.29 is 9.53 Å². The molecule has 2 amide bonds. The van der Waals surface area contributed by atoms with E-state index in [4.69, 9.17) is 4.74 Å². The lowest BCUT2D eigenvalue weighted by Crippen LogP contribution is -2.46. The zero-order chi connectivity index (χ0) is 12.8. The summed E-state index contributed by atoms with van der Waals surface area (Å²) in [5, 5.41) is 2.80. The average molecular weight is 250 g/mol. The van der Waals surface area contributed by atoms with E-state index in [1.165, 1.54) is 0 Å². The summed E-state index contributed by atoms with van der Waals surface area (Å²) in [5.74, 6) is 0. The number of carbonyl (C=O) groups excluding carboxylic acids is 1. The van der Waals surface area contributed by atoms with E-state index in [0.29, 0.717) is 25.6 Å². The number of aromatic nitrogens is 2. The van der Waals surface area contributed by atoms with Crippen LogP contribution in [0.2, 0.25) is 0 Å². The van der Waals surface area contributed by atoms with Crippen LogP contribution in [-0.4, -0.2) is 46.6 Å². The molecule has 18 heavy (non-hydrogen) atoms. The molecule has 0 radical (unpaired) electrons. The van der Waals surface area contributed by atoms with Crippen molar-refractivity contribution in [2.45, 2.75) is 25.9 Å². The van der Waals surface area contributed by atoms with Gasteiger partial charge in [0.25, 0.3) is 0 Å². The lowest BCUT2D eigenvalue weighted by atomic mass is 10.1. The first kappa shape index (κ1) is 12.6. The Labute approximate surface area is 106 Å². The van der Waals surface area contributed by atoms with Crippen molar-refractivity contribution in [3.63, 3.8) is 0 Å². The number of amides is 2. The summed E-state index contributed by atoms with van der Waals surface area (Å²) in [6, 6.07) is 2.17. The van der Waals surface area contributed by atoms with E-state index in [1.807, 2.05) is 11.8 Å². The Morgan fingerprint density at radius 1 is 1.44 bits per heavy atom. The van der Waals surface area contributed by atoms with E-state index < -0.39 is 0 Å². The molecule has 1 aliphatic rings. The predicted molar refractivity (Wildman–Crippen MR) is 66.3 cm³/mol. The zero-order valence-corrected chi connectivity index (χ0v) is 10.5. The van der Waals surface area contributed by atoms with Crippen molar-refractivity contribution in [3.8, 4) is 6.01 Å². The molecule has 6 nitrogen and oxygen atoms in total. The lowest BCUT2D eigenvalue weighted by Gasteiger charge is -2.31. The maximum absolute atomic E-state index is 11.6. The third-order valence-corrected chi connectivity index (χ3v) is 2.87. The molecule has 2 heterocycles. The van der Waals surface area contributed by atoms with Crippen LogP contribution < -0.4 is 10.1 Å². The number of urea groups is 1. The van der Waals surface area contributed by atoms with Crippen LogP contribution in [0.3, 0.4) is 0 Å². The highest BCUT2D eigenvalue weighted by atomic mass is 16.5. The fourth-order valence-corrected chi connectivity index (χ4v) is 1.94. The second kappa shape index (κ2) is 6.18. The van der Waals surface area contributed by atoms with Gasteiger partial charge in [-0.25, -0.2) is 14.8 Å². The quantitative estimate of drug-likeness (QED) is 0.870. The Balaban J connectivity index is 1.78. The minimum Gasteiger partial charge on any atom is -0.460 e. The third-order valence-electron chi connectivity index (χ3n) is 2.87. The summed E-state index contributed by atoms with van der Waals surface area (Å²) in [5.41, 5.74) is 0. The van der Waals surface area contributed by atoms with Crippen LogP contribution in [0.5, 0.6) is 6.01 Å². The largest absolute Gasteiger partial charge is 0.460 e. The lowest BCUT2D eigenvalue weighted by molar-refractivity contribution is 0.103. The Morgan fingerprint density at radius 2 is 2.11 bits per heavy atom. The van der Waals surface area contributed by atoms with Crippen molar-refractivity contribution in [2.24, 2.45) is 0 Å². The van der Waals surface area contributed by atoms with Gasteiger partial charge in [0.1, 0.15) is 6.10 Å². The summed E-state index contributed by atoms with van der Waals surface area (Å²) >= 11 is 0. The van der Waals surface area contributed by atoms with E-state index in [1.54, 1.807) is 18.5 Å². The molecule has 0 spiro atoms. The molecule has 0 bridgehead atoms. The fraction of sp³-hybridized carbons (Fsp3) is 0.583. The minimum atomic E-state index is 0.00640. The smallest absolute Gasteiger partial charge is 0.317 e. The normalized spacial score (nSPS) is 16.4. The monoisotopic (exact) mass is 250 g/mol. The second-order valence-corrected chi connectivity index (χ2v) is 4.17. The van der Waals surface area contributed by atoms with Gasteiger partial charge in [0, 0.05) is 44.9 Å². The number of piperidine rings is 1. The van der Waals surface area contributed by atoms with Crippen LogP contribution in [0.4, 0.5) is 4.79 Å². The van der Waals surface area contributed by atoms with Crippen LogP contribution in [0.1, 0.15) is 19.8 Å². The van der Waals surface area contributed by atoms with Crippen LogP contribution in [0.15, 0.2) is 18.5 Å². The van der Waals surface area contributed by atoms with Gasteiger partial charge in [-0.1, -0.05) is 0 Å². The molecule has 1 saturated heterocycles. The number of rotatable bonds is 3. The van der Waals surface area contributed by atoms with Crippen molar-refractivity contribution in [1.29, 1.82) is 0 Å². The molecule has 1 aromatic heterocycles. The van der Waals surface area contributed by atoms with E-state index >= 15 is 0 Å². The first-order valence-electron chi connectivity index (χ1n) is 6.26. The molecule has 2 rings (SSSR count). The summed E-state index contributed by atoms with van der Waals surface area (Å²) in [6.45, 7) is 4.00. The van der Waals surface area contributed by atoms with Crippen molar-refractivity contribution in [3.05, 3.63) is 18.5 Å². The molecule has 0 saturated carbocycles. The summed E-state index contributed by atoms with van der Waals surface area (Å²) in [4.78, 5) is 21.5. The molecule has 0 aliphatic carbocycles. The van der Waals surface area contributed by atoms with Gasteiger partial charge in [0.15, 0.2) is 0 Å². The maximum atomic E-state index is 11.6. The number of hydrogen-bond donors (Lipinski definition) is 1. The van der Waals surface area contributed by atoms with Crippen molar-refractivity contribution in [1.82, 2.24) is 20.2 Å². The predicted octanol–water partition coefficient (Wildman–Crippen LogP) is 1.05. The molecule has 0 atom stereocenters. The topological polar surface area (TPSA) is 67.4 Å². The Kier molecular flexibility index (Phi) is 4.33. The molecule has 1 N–H and O–H groups in total. The van der Waals surface area contributed by atoms with Gasteiger partial charge in [0.2, 0.25) is 0 Å². The third kappa shape index (κ3) is 3.32. The molecule has 0 aromatic carbocycles. The van der Waals surface area contributed by atoms with Gasteiger partial charge in [-0.15, -0.1) is 0 Å². The number of hydrogen-bond acceptors (Lipinski definition) is 4. The summed E-state index contributed by atoms with van der Waals surface area (Å²) in [7, 11) is 0. The van der Waals surface area contributed by atoms with E-state index in [2.05, 4.69) is 15.3 Å². The van der Waals surface area contributed by atoms with Gasteiger partial charge >= 0.3 is 12.0 Å². The van der Waals surface area contributed by atoms with Gasteiger partial charge in [-0.2, -0.15) is 0 Å². The van der Waals surface area contributed by atoms with Crippen molar-refractivity contribution >= 4 is 6.03 Å². The van der Waals surface area contributed by atoms with Gasteiger partial charge < -0.3 is 15.0 Å². The molecular weight excluding hydrogens is 232 g/mol. The number of nitrogens with zero attached hydrogens (tertiary/aromatic N) is 3. The fourth-order valence-electron chi connectivity index (χ4n) is 1.94. The number of likely N-dealkylation sites (tertiary alicyclic amines) is 1. The highest BCUT2D eigenvalue weighted by molar-refractivity contribution is 5.74. The molecule has 98 valence electrons. The molecule has 1 aliphatic heterocycles. The van der Waals surface area contributed by atoms with Crippen LogP contribution >= 0.6 is 0 Å². The summed E-state index contributed by atoms with van der Waals surface area (Å²) in [6.07, 6.45) is 5.04. The Hall–Kier alpha value is -1.85. The van der Waals surface area contributed by atoms with Crippen LogP contribution in [0.25, 0.3) is 0 Å². The van der Waals surface area contributed by atoms with Gasteiger partial charge in [-0.05, 0) is 13.0 Å². The first-order chi connectivity index (χ1) is 8.79.